The minimum Gasteiger partial charge on any atom is -0.360 e. The molecule has 1 saturated heterocycles. The number of thiocarbonyl (C=S) groups is 1. The summed E-state index contributed by atoms with van der Waals surface area (Å²) in [6.07, 6.45) is 1.38. The van der Waals surface area contributed by atoms with Gasteiger partial charge in [-0.1, -0.05) is 36.4 Å². The van der Waals surface area contributed by atoms with Crippen LogP contribution in [0.5, 0.6) is 0 Å². The van der Waals surface area contributed by atoms with Crippen LogP contribution in [-0.4, -0.2) is 16.9 Å². The topological polar surface area (TPSA) is 70.2 Å². The smallest absolute Gasteiger partial charge is 0.264 e. The molecule has 3 rings (SSSR count). The molecule has 6 heteroatoms. The Kier molecular flexibility index (Phi) is 3.37. The summed E-state index contributed by atoms with van der Waals surface area (Å²) in [6.45, 7) is 0. The van der Waals surface area contributed by atoms with Crippen LogP contribution in [0.2, 0.25) is 0 Å². The average molecular weight is 297 g/mol. The summed E-state index contributed by atoms with van der Waals surface area (Å²) < 4.78 is 0. The average Bonchev–Trinajstić information content (AvgIpc) is 2.46. The zero-order chi connectivity index (χ0) is 14.8. The molecule has 1 aliphatic rings. The largest absolute Gasteiger partial charge is 0.360 e. The van der Waals surface area contributed by atoms with E-state index in [-0.39, 0.29) is 10.7 Å². The van der Waals surface area contributed by atoms with Crippen molar-refractivity contribution >= 4 is 45.6 Å². The van der Waals surface area contributed by atoms with E-state index < -0.39 is 11.8 Å². The Hall–Kier alpha value is -2.73. The molecule has 104 valence electrons. The Bertz CT molecular complexity index is 771. The van der Waals surface area contributed by atoms with Crippen molar-refractivity contribution in [3.8, 4) is 0 Å². The number of fused-ring (bicyclic) bond motifs is 1. The molecular formula is C15H11N3O2S. The summed E-state index contributed by atoms with van der Waals surface area (Å²) >= 11 is 4.74. The summed E-state index contributed by atoms with van der Waals surface area (Å²) in [5.74, 6) is -1.03. The first-order valence-corrected chi connectivity index (χ1v) is 6.67. The molecule has 21 heavy (non-hydrogen) atoms. The third-order valence-electron chi connectivity index (χ3n) is 3.11. The van der Waals surface area contributed by atoms with Crippen LogP contribution in [0.15, 0.2) is 54.2 Å². The fourth-order valence-electron chi connectivity index (χ4n) is 2.11. The maximum atomic E-state index is 11.7. The lowest BCUT2D eigenvalue weighted by atomic mass is 10.1. The van der Waals surface area contributed by atoms with E-state index in [0.717, 1.165) is 16.5 Å². The van der Waals surface area contributed by atoms with Crippen LogP contribution >= 0.6 is 12.2 Å². The number of carbonyl (C=O) groups excluding carboxylic acids is 2. The van der Waals surface area contributed by atoms with E-state index in [4.69, 9.17) is 12.2 Å². The number of amides is 2. The highest BCUT2D eigenvalue weighted by molar-refractivity contribution is 7.80. The van der Waals surface area contributed by atoms with E-state index in [0.29, 0.717) is 0 Å². The van der Waals surface area contributed by atoms with Gasteiger partial charge < -0.3 is 5.32 Å². The van der Waals surface area contributed by atoms with Crippen molar-refractivity contribution in [3.63, 3.8) is 0 Å². The van der Waals surface area contributed by atoms with E-state index in [2.05, 4.69) is 16.0 Å². The van der Waals surface area contributed by atoms with Gasteiger partial charge in [0.05, 0.1) is 0 Å². The molecule has 0 saturated carbocycles. The van der Waals surface area contributed by atoms with Gasteiger partial charge in [0.25, 0.3) is 11.8 Å². The Balaban J connectivity index is 1.92. The normalized spacial score (nSPS) is 14.7. The van der Waals surface area contributed by atoms with E-state index in [1.807, 2.05) is 42.5 Å². The van der Waals surface area contributed by atoms with Crippen molar-refractivity contribution < 1.29 is 9.59 Å². The Labute approximate surface area is 126 Å². The monoisotopic (exact) mass is 297 g/mol. The summed E-state index contributed by atoms with van der Waals surface area (Å²) in [5.41, 5.74) is 0.797. The summed E-state index contributed by atoms with van der Waals surface area (Å²) in [5, 5.41) is 9.87. The second kappa shape index (κ2) is 5.34. The van der Waals surface area contributed by atoms with E-state index in [1.54, 1.807) is 0 Å². The van der Waals surface area contributed by atoms with Crippen LogP contribution < -0.4 is 16.0 Å². The maximum absolute atomic E-state index is 11.7. The zero-order valence-corrected chi connectivity index (χ0v) is 11.7. The highest BCUT2D eigenvalue weighted by Gasteiger charge is 2.25. The van der Waals surface area contributed by atoms with Crippen LogP contribution in [0.1, 0.15) is 0 Å². The molecule has 3 N–H and O–H groups in total. The molecule has 1 fully saturated rings. The van der Waals surface area contributed by atoms with Gasteiger partial charge in [0.15, 0.2) is 5.11 Å². The second-order valence-electron chi connectivity index (χ2n) is 4.47. The highest BCUT2D eigenvalue weighted by Crippen LogP contribution is 2.23. The minimum absolute atomic E-state index is 0.0171. The predicted molar refractivity (Wildman–Crippen MR) is 84.5 cm³/mol. The number of rotatable bonds is 2. The molecule has 2 aromatic rings. The highest BCUT2D eigenvalue weighted by atomic mass is 32.1. The van der Waals surface area contributed by atoms with Crippen molar-refractivity contribution in [1.29, 1.82) is 0 Å². The van der Waals surface area contributed by atoms with Crippen LogP contribution in [0.25, 0.3) is 10.8 Å². The molecule has 5 nitrogen and oxygen atoms in total. The van der Waals surface area contributed by atoms with Gasteiger partial charge in [-0.15, -0.1) is 0 Å². The Morgan fingerprint density at radius 1 is 0.952 bits per heavy atom. The molecule has 1 heterocycles. The molecule has 0 radical (unpaired) electrons. The molecule has 2 amide bonds. The minimum atomic E-state index is -0.517. The predicted octanol–water partition coefficient (Wildman–Crippen LogP) is 1.67. The Morgan fingerprint density at radius 2 is 1.62 bits per heavy atom. The number of carbonyl (C=O) groups is 2. The first-order chi connectivity index (χ1) is 10.1. The number of hydrogen-bond acceptors (Lipinski definition) is 4. The molecule has 1 aliphatic heterocycles. The fourth-order valence-corrected chi connectivity index (χ4v) is 2.29. The fraction of sp³-hybridized carbons (Fsp3) is 0. The zero-order valence-electron chi connectivity index (χ0n) is 10.8. The van der Waals surface area contributed by atoms with Gasteiger partial charge in [0.2, 0.25) is 0 Å². The van der Waals surface area contributed by atoms with Gasteiger partial charge in [-0.25, -0.2) is 0 Å². The molecule has 2 aromatic carbocycles. The van der Waals surface area contributed by atoms with Gasteiger partial charge in [-0.2, -0.15) is 0 Å². The van der Waals surface area contributed by atoms with Gasteiger partial charge in [-0.3, -0.25) is 20.2 Å². The van der Waals surface area contributed by atoms with E-state index in [1.165, 1.54) is 6.20 Å². The van der Waals surface area contributed by atoms with E-state index >= 15 is 0 Å². The van der Waals surface area contributed by atoms with Crippen LogP contribution in [0.4, 0.5) is 5.69 Å². The lowest BCUT2D eigenvalue weighted by Gasteiger charge is -2.16. The number of nitrogens with one attached hydrogen (secondary N) is 3. The van der Waals surface area contributed by atoms with Gasteiger partial charge in [0, 0.05) is 17.3 Å². The van der Waals surface area contributed by atoms with Gasteiger partial charge in [0.1, 0.15) is 5.57 Å². The molecule has 0 bridgehead atoms. The lowest BCUT2D eigenvalue weighted by molar-refractivity contribution is -0.123. The number of benzene rings is 2. The number of anilines is 1. The summed E-state index contributed by atoms with van der Waals surface area (Å²) in [7, 11) is 0. The van der Waals surface area contributed by atoms with Crippen LogP contribution in [-0.2, 0) is 9.59 Å². The molecule has 0 aromatic heterocycles. The van der Waals surface area contributed by atoms with Crippen molar-refractivity contribution in [1.82, 2.24) is 10.6 Å². The third kappa shape index (κ3) is 2.61. The standard InChI is InChI=1S/C15H11N3O2S/c19-13-11(14(20)18-15(21)17-13)8-16-12-7-3-5-9-4-1-2-6-10(9)12/h1-8,16H,(H2,17,18,19,20,21). The van der Waals surface area contributed by atoms with Gasteiger partial charge in [-0.05, 0) is 23.7 Å². The van der Waals surface area contributed by atoms with Crippen molar-refractivity contribution in [2.24, 2.45) is 0 Å². The molecule has 0 aliphatic carbocycles. The van der Waals surface area contributed by atoms with Crippen molar-refractivity contribution in [2.45, 2.75) is 0 Å². The molecule has 0 atom stereocenters. The molecule has 0 unspecified atom stereocenters. The van der Waals surface area contributed by atoms with Crippen molar-refractivity contribution in [3.05, 3.63) is 54.2 Å². The summed E-state index contributed by atoms with van der Waals surface area (Å²) in [6, 6.07) is 13.6. The van der Waals surface area contributed by atoms with Gasteiger partial charge >= 0.3 is 0 Å². The first kappa shape index (κ1) is 13.3. The molecule has 0 spiro atoms. The maximum Gasteiger partial charge on any atom is 0.264 e. The molecular weight excluding hydrogens is 286 g/mol. The SMILES string of the molecule is O=C1NC(=S)NC(=O)C1=CNc1cccc2ccccc12. The quantitative estimate of drug-likeness (QED) is 0.448. The summed E-state index contributed by atoms with van der Waals surface area (Å²) in [4.78, 5) is 23.5. The number of hydrogen-bond donors (Lipinski definition) is 3. The third-order valence-corrected chi connectivity index (χ3v) is 3.31. The second-order valence-corrected chi connectivity index (χ2v) is 4.87. The van der Waals surface area contributed by atoms with E-state index in [9.17, 15) is 9.59 Å². The lowest BCUT2D eigenvalue weighted by Crippen LogP contribution is -2.51. The van der Waals surface area contributed by atoms with Crippen LogP contribution in [0, 0.1) is 0 Å². The first-order valence-electron chi connectivity index (χ1n) is 6.26. The Morgan fingerprint density at radius 3 is 2.38 bits per heavy atom. The van der Waals surface area contributed by atoms with Crippen LogP contribution in [0.3, 0.4) is 0 Å². The van der Waals surface area contributed by atoms with Crippen molar-refractivity contribution in [2.75, 3.05) is 5.32 Å².